The number of aliphatic imine (C=N–C) groups is 1. The number of fused-ring (bicyclic) bond motifs is 1. The van der Waals surface area contributed by atoms with Crippen molar-refractivity contribution in [3.63, 3.8) is 0 Å². The summed E-state index contributed by atoms with van der Waals surface area (Å²) in [7, 11) is 0. The van der Waals surface area contributed by atoms with Gasteiger partial charge in [-0.3, -0.25) is 4.68 Å². The van der Waals surface area contributed by atoms with Gasteiger partial charge in [0.05, 0.1) is 12.2 Å². The smallest absolute Gasteiger partial charge is 0.191 e. The van der Waals surface area contributed by atoms with Crippen LogP contribution in [0.1, 0.15) is 54.3 Å². The Balaban J connectivity index is 1.59. The van der Waals surface area contributed by atoms with Gasteiger partial charge in [-0.05, 0) is 76.1 Å². The predicted octanol–water partition coefficient (Wildman–Crippen LogP) is 3.23. The molecule has 1 heterocycles. The molecule has 3 N–H and O–H groups in total. The van der Waals surface area contributed by atoms with Crippen molar-refractivity contribution in [1.82, 2.24) is 20.4 Å². The first-order valence-electron chi connectivity index (χ1n) is 10.4. The van der Waals surface area contributed by atoms with Crippen LogP contribution in [0.15, 0.2) is 23.2 Å². The number of aryl methyl sites for hydroxylation is 4. The van der Waals surface area contributed by atoms with Gasteiger partial charge in [0.1, 0.15) is 5.75 Å². The summed E-state index contributed by atoms with van der Waals surface area (Å²) in [4.78, 5) is 4.73. The maximum Gasteiger partial charge on any atom is 0.191 e. The second-order valence-electron chi connectivity index (χ2n) is 7.53. The zero-order valence-corrected chi connectivity index (χ0v) is 17.4. The van der Waals surface area contributed by atoms with E-state index in [0.29, 0.717) is 12.3 Å². The number of nitrogens with one attached hydrogen (secondary N) is 2. The van der Waals surface area contributed by atoms with E-state index in [9.17, 15) is 5.11 Å². The van der Waals surface area contributed by atoms with Crippen LogP contribution in [0.5, 0.6) is 5.75 Å². The van der Waals surface area contributed by atoms with Crippen LogP contribution < -0.4 is 10.6 Å². The summed E-state index contributed by atoms with van der Waals surface area (Å²) >= 11 is 0. The summed E-state index contributed by atoms with van der Waals surface area (Å²) in [6, 6.07) is 6.00. The van der Waals surface area contributed by atoms with Crippen LogP contribution in [0.25, 0.3) is 0 Å². The Morgan fingerprint density at radius 3 is 2.79 bits per heavy atom. The highest BCUT2D eigenvalue weighted by Gasteiger charge is 2.16. The largest absolute Gasteiger partial charge is 0.508 e. The van der Waals surface area contributed by atoms with E-state index in [1.54, 1.807) is 0 Å². The average molecular weight is 384 g/mol. The molecule has 1 aromatic heterocycles. The minimum atomic E-state index is 0.366. The number of nitrogens with zero attached hydrogens (tertiary/aromatic N) is 3. The molecule has 0 aliphatic heterocycles. The van der Waals surface area contributed by atoms with E-state index in [2.05, 4.69) is 46.4 Å². The highest BCUT2D eigenvalue weighted by molar-refractivity contribution is 5.79. The van der Waals surface area contributed by atoms with Gasteiger partial charge in [0.15, 0.2) is 5.96 Å². The van der Waals surface area contributed by atoms with Crippen molar-refractivity contribution in [3.05, 3.63) is 46.3 Å². The average Bonchev–Trinajstić information content (AvgIpc) is 3.01. The number of hydrogen-bond acceptors (Lipinski definition) is 3. The molecule has 0 atom stereocenters. The van der Waals surface area contributed by atoms with Crippen molar-refractivity contribution in [2.75, 3.05) is 13.1 Å². The fourth-order valence-electron chi connectivity index (χ4n) is 3.91. The molecule has 3 rings (SSSR count). The Kier molecular flexibility index (Phi) is 6.95. The van der Waals surface area contributed by atoms with Crippen LogP contribution in [-0.2, 0) is 25.9 Å². The van der Waals surface area contributed by atoms with E-state index in [1.807, 2.05) is 13.0 Å². The lowest BCUT2D eigenvalue weighted by Gasteiger charge is -2.20. The number of phenols is 1. The molecule has 6 nitrogen and oxygen atoms in total. The minimum absolute atomic E-state index is 0.366. The molecule has 28 heavy (non-hydrogen) atoms. The molecule has 1 aliphatic rings. The summed E-state index contributed by atoms with van der Waals surface area (Å²) in [5, 5.41) is 21.6. The topological polar surface area (TPSA) is 74.5 Å². The number of benzene rings is 1. The number of aromatic nitrogens is 2. The van der Waals surface area contributed by atoms with Gasteiger partial charge in [-0.1, -0.05) is 6.07 Å². The molecular formula is C22H33N5O. The molecule has 1 aromatic carbocycles. The fourth-order valence-corrected chi connectivity index (χ4v) is 3.91. The van der Waals surface area contributed by atoms with Crippen molar-refractivity contribution in [1.29, 1.82) is 0 Å². The first kappa shape index (κ1) is 20.2. The molecule has 0 spiro atoms. The van der Waals surface area contributed by atoms with E-state index >= 15 is 0 Å². The maximum atomic E-state index is 10.4. The van der Waals surface area contributed by atoms with Crippen LogP contribution >= 0.6 is 0 Å². The molecule has 0 fully saturated rings. The van der Waals surface area contributed by atoms with Gasteiger partial charge < -0.3 is 15.7 Å². The normalized spacial score (nSPS) is 14.0. The lowest BCUT2D eigenvalue weighted by molar-refractivity contribution is 0.465. The van der Waals surface area contributed by atoms with Gasteiger partial charge in [0.25, 0.3) is 0 Å². The van der Waals surface area contributed by atoms with Gasteiger partial charge >= 0.3 is 0 Å². The number of hydrogen-bond donors (Lipinski definition) is 3. The predicted molar refractivity (Wildman–Crippen MR) is 114 cm³/mol. The molecule has 152 valence electrons. The molecule has 1 aliphatic carbocycles. The Morgan fingerprint density at radius 1 is 1.21 bits per heavy atom. The zero-order chi connectivity index (χ0) is 19.9. The summed E-state index contributed by atoms with van der Waals surface area (Å²) in [6.45, 7) is 9.20. The third-order valence-electron chi connectivity index (χ3n) is 5.31. The number of rotatable bonds is 7. The van der Waals surface area contributed by atoms with Crippen molar-refractivity contribution < 1.29 is 5.11 Å². The summed E-state index contributed by atoms with van der Waals surface area (Å²) in [6.07, 6.45) is 5.55. The van der Waals surface area contributed by atoms with Crippen LogP contribution in [0.4, 0.5) is 0 Å². The minimum Gasteiger partial charge on any atom is -0.508 e. The molecule has 0 amide bonds. The third kappa shape index (κ3) is 5.06. The number of aromatic hydroxyl groups is 1. The highest BCUT2D eigenvalue weighted by Crippen LogP contribution is 2.31. The quantitative estimate of drug-likeness (QED) is 0.390. The second kappa shape index (κ2) is 9.62. The Labute approximate surface area is 168 Å². The van der Waals surface area contributed by atoms with Crippen molar-refractivity contribution in [2.24, 2.45) is 4.99 Å². The molecule has 6 heteroatoms. The van der Waals surface area contributed by atoms with Crippen LogP contribution in [0.2, 0.25) is 0 Å². The lowest BCUT2D eigenvalue weighted by Crippen LogP contribution is -2.38. The van der Waals surface area contributed by atoms with Crippen LogP contribution in [-0.4, -0.2) is 33.9 Å². The van der Waals surface area contributed by atoms with E-state index in [0.717, 1.165) is 56.1 Å². The molecule has 2 aromatic rings. The zero-order valence-electron chi connectivity index (χ0n) is 17.4. The van der Waals surface area contributed by atoms with Crippen molar-refractivity contribution >= 4 is 5.96 Å². The fraction of sp³-hybridized carbons (Fsp3) is 0.545. The molecule has 0 saturated heterocycles. The Bertz CT molecular complexity index is 825. The lowest BCUT2D eigenvalue weighted by atomic mass is 9.88. The second-order valence-corrected chi connectivity index (χ2v) is 7.53. The van der Waals surface area contributed by atoms with Crippen molar-refractivity contribution in [2.45, 2.75) is 66.0 Å². The first-order valence-corrected chi connectivity index (χ1v) is 10.4. The molecule has 0 unspecified atom stereocenters. The molecule has 0 radical (unpaired) electrons. The summed E-state index contributed by atoms with van der Waals surface area (Å²) < 4.78 is 2.05. The van der Waals surface area contributed by atoms with E-state index < -0.39 is 0 Å². The van der Waals surface area contributed by atoms with E-state index in [1.165, 1.54) is 29.7 Å². The van der Waals surface area contributed by atoms with Crippen LogP contribution in [0, 0.1) is 13.8 Å². The molecular weight excluding hydrogens is 350 g/mol. The Morgan fingerprint density at radius 2 is 2.04 bits per heavy atom. The van der Waals surface area contributed by atoms with Crippen molar-refractivity contribution in [3.8, 4) is 5.75 Å². The Hall–Kier alpha value is -2.50. The standard InChI is InChI=1S/C22H33N5O/c1-4-23-22(24-12-7-13-27-17(3)14-16(2)26-27)25-15-20-19-9-6-5-8-18(19)10-11-21(20)28/h10-11,14,28H,4-9,12-13,15H2,1-3H3,(H2,23,24,25). The summed E-state index contributed by atoms with van der Waals surface area (Å²) in [5.74, 6) is 1.16. The van der Waals surface area contributed by atoms with Gasteiger partial charge in [0, 0.05) is 30.9 Å². The monoisotopic (exact) mass is 383 g/mol. The van der Waals surface area contributed by atoms with Gasteiger partial charge in [-0.2, -0.15) is 5.10 Å². The van der Waals surface area contributed by atoms with Crippen LogP contribution in [0.3, 0.4) is 0 Å². The number of guanidine groups is 1. The SMILES string of the molecule is CCNC(=NCc1c(O)ccc2c1CCCC2)NCCCn1nc(C)cc1C. The molecule has 0 saturated carbocycles. The van der Waals surface area contributed by atoms with E-state index in [-0.39, 0.29) is 0 Å². The van der Waals surface area contributed by atoms with E-state index in [4.69, 9.17) is 4.99 Å². The summed E-state index contributed by atoms with van der Waals surface area (Å²) in [5.41, 5.74) is 5.92. The van der Waals surface area contributed by atoms with Gasteiger partial charge in [-0.25, -0.2) is 4.99 Å². The number of phenolic OH excluding ortho intramolecular Hbond substituents is 1. The highest BCUT2D eigenvalue weighted by atomic mass is 16.3. The van der Waals surface area contributed by atoms with Gasteiger partial charge in [0.2, 0.25) is 0 Å². The molecule has 0 bridgehead atoms. The van der Waals surface area contributed by atoms with Gasteiger partial charge in [-0.15, -0.1) is 0 Å². The third-order valence-corrected chi connectivity index (χ3v) is 5.31. The maximum absolute atomic E-state index is 10.4. The first-order chi connectivity index (χ1) is 13.6.